The molecule has 8 nitrogen and oxygen atoms in total. The van der Waals surface area contributed by atoms with Crippen LogP contribution in [0.2, 0.25) is 0 Å². The van der Waals surface area contributed by atoms with Crippen LogP contribution in [0, 0.1) is 51.8 Å². The van der Waals surface area contributed by atoms with E-state index in [-0.39, 0.29) is 53.6 Å². The fourth-order valence-corrected chi connectivity index (χ4v) is 11.0. The third kappa shape index (κ3) is 2.80. The normalized spacial score (nSPS) is 52.7. The lowest BCUT2D eigenvalue weighted by Gasteiger charge is -2.69. The molecule has 8 heteroatoms. The number of hydrogen-bond donors (Lipinski definition) is 2. The number of piperidine rings is 1. The lowest BCUT2D eigenvalue weighted by molar-refractivity contribution is -0.271. The second kappa shape index (κ2) is 8.14. The van der Waals surface area contributed by atoms with Gasteiger partial charge in [-0.05, 0) is 38.6 Å². The molecule has 14 atom stereocenters. The van der Waals surface area contributed by atoms with Gasteiger partial charge in [-0.25, -0.2) is 0 Å². The van der Waals surface area contributed by atoms with Gasteiger partial charge in [-0.15, -0.1) is 0 Å². The van der Waals surface area contributed by atoms with E-state index in [0.29, 0.717) is 25.7 Å². The number of nitrogens with zero attached hydrogens (tertiary/aromatic N) is 1. The van der Waals surface area contributed by atoms with E-state index in [1.807, 2.05) is 27.8 Å². The Kier molecular flexibility index (Phi) is 5.66. The summed E-state index contributed by atoms with van der Waals surface area (Å²) < 4.78 is 12.3. The number of likely N-dealkylation sites (N-methyl/N-ethyl adjacent to an activating group) is 1. The molecule has 8 aliphatic rings. The van der Waals surface area contributed by atoms with Gasteiger partial charge in [0.05, 0.1) is 24.0 Å². The van der Waals surface area contributed by atoms with Crippen molar-refractivity contribution < 1.29 is 34.1 Å². The molecule has 2 spiro atoms. The molecule has 8 rings (SSSR count). The average molecular weight is 530 g/mol. The van der Waals surface area contributed by atoms with E-state index in [1.165, 1.54) is 0 Å². The lowest BCUT2D eigenvalue weighted by Crippen LogP contribution is -2.75. The van der Waals surface area contributed by atoms with Crippen molar-refractivity contribution in [3.8, 4) is 0 Å². The molecule has 38 heavy (non-hydrogen) atoms. The smallest absolute Gasteiger partial charge is 0.308 e. The molecule has 0 aromatic heterocycles. The van der Waals surface area contributed by atoms with Crippen LogP contribution in [0.15, 0.2) is 12.2 Å². The van der Waals surface area contributed by atoms with Crippen LogP contribution in [0.25, 0.3) is 0 Å². The Hall–Kier alpha value is -1.77. The van der Waals surface area contributed by atoms with E-state index < -0.39 is 46.6 Å². The van der Waals surface area contributed by atoms with Gasteiger partial charge >= 0.3 is 11.9 Å². The maximum Gasteiger partial charge on any atom is 0.308 e. The summed E-state index contributed by atoms with van der Waals surface area (Å²) in [6.45, 7) is 13.7. The van der Waals surface area contributed by atoms with Gasteiger partial charge in [0.1, 0.15) is 18.5 Å². The molecular formula is C30H43NO7. The summed E-state index contributed by atoms with van der Waals surface area (Å²) in [5.74, 6) is -2.27. The summed E-state index contributed by atoms with van der Waals surface area (Å²) in [5.41, 5.74) is -1.26. The highest BCUT2D eigenvalue weighted by molar-refractivity contribution is 5.73. The Balaban J connectivity index is 1.52. The monoisotopic (exact) mass is 529 g/mol. The maximum atomic E-state index is 13.1. The molecule has 2 N–H and O–H groups in total. The minimum absolute atomic E-state index is 0.117. The first kappa shape index (κ1) is 26.5. The topological polar surface area (TPSA) is 113 Å². The predicted molar refractivity (Wildman–Crippen MR) is 137 cm³/mol. The van der Waals surface area contributed by atoms with Crippen LogP contribution in [-0.4, -0.2) is 76.9 Å². The Bertz CT molecular complexity index is 1090. The minimum atomic E-state index is -0.868. The van der Waals surface area contributed by atoms with Crippen molar-refractivity contribution in [1.82, 2.24) is 4.90 Å². The summed E-state index contributed by atoms with van der Waals surface area (Å²) in [6, 6.07) is -0.391. The molecule has 210 valence electrons. The largest absolute Gasteiger partial charge is 0.462 e. The van der Waals surface area contributed by atoms with Crippen molar-refractivity contribution in [2.75, 3.05) is 7.05 Å². The van der Waals surface area contributed by atoms with E-state index >= 15 is 0 Å². The van der Waals surface area contributed by atoms with Crippen molar-refractivity contribution in [3.05, 3.63) is 12.2 Å². The first-order valence-corrected chi connectivity index (χ1v) is 14.4. The Morgan fingerprint density at radius 3 is 2.42 bits per heavy atom. The number of esters is 2. The number of carbonyl (C=O) groups is 3. The van der Waals surface area contributed by atoms with Crippen molar-refractivity contribution >= 4 is 18.2 Å². The zero-order chi connectivity index (χ0) is 27.7. The van der Waals surface area contributed by atoms with E-state index in [0.717, 1.165) is 11.9 Å². The van der Waals surface area contributed by atoms with Crippen molar-refractivity contribution in [1.29, 1.82) is 0 Å². The first-order valence-electron chi connectivity index (χ1n) is 14.4. The Labute approximate surface area is 225 Å². The fraction of sp³-hybridized carbons (Fsp3) is 0.833. The molecule has 0 radical (unpaired) electrons. The van der Waals surface area contributed by atoms with Gasteiger partial charge in [-0.1, -0.05) is 46.8 Å². The van der Waals surface area contributed by atoms with Gasteiger partial charge in [0.15, 0.2) is 0 Å². The summed E-state index contributed by atoms with van der Waals surface area (Å²) in [4.78, 5) is 41.0. The van der Waals surface area contributed by atoms with Gasteiger partial charge < -0.3 is 24.5 Å². The zero-order valence-corrected chi connectivity index (χ0v) is 23.4. The van der Waals surface area contributed by atoms with Crippen LogP contribution in [-0.2, 0) is 23.9 Å². The summed E-state index contributed by atoms with van der Waals surface area (Å²) in [5, 5.41) is 24.3. The summed E-state index contributed by atoms with van der Waals surface area (Å²) in [7, 11) is 2.01. The molecule has 8 fully saturated rings. The zero-order valence-electron chi connectivity index (χ0n) is 23.4. The number of carbonyl (C=O) groups excluding carboxylic acids is 3. The lowest BCUT2D eigenvalue weighted by atomic mass is 9.38. The molecule has 2 aliphatic heterocycles. The molecule has 0 aromatic rings. The van der Waals surface area contributed by atoms with Crippen LogP contribution in [0.5, 0.6) is 0 Å². The standard InChI is InChI=1S/C30H43NO7/c1-8-14(4)27(36)38-21-17-15(5)9-29-18(21)24-30(23(29)20(17)33)11-16(37-26(35)13(2)3)10-28(6,12-32)22(30)19(25(29)34)31(24)7/h12-14,16-25,33-34H,5,8-11H2,1-4,6-7H3/t14-,16+,17-,18-,19-,20-,21+,22-,23-,24-,25+,28+,29+,30+/m1/s1. The van der Waals surface area contributed by atoms with Gasteiger partial charge in [0.2, 0.25) is 0 Å². The summed E-state index contributed by atoms with van der Waals surface area (Å²) in [6.07, 6.45) is 0.425. The quantitative estimate of drug-likeness (QED) is 0.306. The van der Waals surface area contributed by atoms with Crippen molar-refractivity contribution in [2.45, 2.75) is 96.8 Å². The van der Waals surface area contributed by atoms with Crippen molar-refractivity contribution in [3.63, 3.8) is 0 Å². The van der Waals surface area contributed by atoms with Crippen LogP contribution in [0.1, 0.15) is 60.3 Å². The highest BCUT2D eigenvalue weighted by Crippen LogP contribution is 2.84. The van der Waals surface area contributed by atoms with Crippen LogP contribution >= 0.6 is 0 Å². The second-order valence-corrected chi connectivity index (χ2v) is 14.1. The van der Waals surface area contributed by atoms with Gasteiger partial charge in [-0.3, -0.25) is 14.5 Å². The molecule has 6 saturated carbocycles. The molecule has 6 aliphatic carbocycles. The van der Waals surface area contributed by atoms with Crippen LogP contribution in [0.3, 0.4) is 0 Å². The maximum absolute atomic E-state index is 13.1. The highest BCUT2D eigenvalue weighted by Gasteiger charge is 2.90. The molecular weight excluding hydrogens is 486 g/mol. The number of aliphatic hydroxyl groups is 2. The van der Waals surface area contributed by atoms with Gasteiger partial charge in [0, 0.05) is 46.1 Å². The van der Waals surface area contributed by atoms with E-state index in [1.54, 1.807) is 13.8 Å². The Morgan fingerprint density at radius 2 is 1.82 bits per heavy atom. The SMILES string of the molecule is C=C1C[C@]23[C@@H]4[C@@H](OC(=O)[C@H](C)CC)[C@H]1[C@@H](O)[C@H]2[C@]12C[C@@H](OC(=O)C(C)C)C[C@@](C)(C=O)[C@H]1[C@H]([C@@H]3O)N(C)[C@H]42. The number of ether oxygens (including phenoxy) is 2. The fourth-order valence-electron chi connectivity index (χ4n) is 11.0. The number of hydrogen-bond acceptors (Lipinski definition) is 8. The van der Waals surface area contributed by atoms with Crippen LogP contribution < -0.4 is 0 Å². The van der Waals surface area contributed by atoms with E-state index in [9.17, 15) is 24.6 Å². The summed E-state index contributed by atoms with van der Waals surface area (Å²) >= 11 is 0. The van der Waals surface area contributed by atoms with Crippen LogP contribution in [0.4, 0.5) is 0 Å². The molecule has 2 heterocycles. The predicted octanol–water partition coefficient (Wildman–Crippen LogP) is 2.35. The number of aldehydes is 1. The highest BCUT2D eigenvalue weighted by atomic mass is 16.6. The Morgan fingerprint density at radius 1 is 1.13 bits per heavy atom. The molecule has 0 amide bonds. The number of fused-ring (bicyclic) bond motifs is 1. The van der Waals surface area contributed by atoms with Crippen molar-refractivity contribution in [2.24, 2.45) is 51.8 Å². The minimum Gasteiger partial charge on any atom is -0.462 e. The number of aliphatic hydroxyl groups excluding tert-OH is 2. The van der Waals surface area contributed by atoms with Gasteiger partial charge in [-0.2, -0.15) is 0 Å². The third-order valence-electron chi connectivity index (χ3n) is 12.0. The van der Waals surface area contributed by atoms with E-state index in [4.69, 9.17) is 9.47 Å². The first-order chi connectivity index (χ1) is 17.8. The van der Waals surface area contributed by atoms with Gasteiger partial charge in [0.25, 0.3) is 0 Å². The third-order valence-corrected chi connectivity index (χ3v) is 12.0. The molecule has 7 bridgehead atoms. The second-order valence-electron chi connectivity index (χ2n) is 14.1. The molecule has 0 unspecified atom stereocenters. The molecule has 2 saturated heterocycles. The number of rotatable bonds is 6. The molecule has 0 aromatic carbocycles. The average Bonchev–Trinajstić information content (AvgIpc) is 3.16. The van der Waals surface area contributed by atoms with E-state index in [2.05, 4.69) is 11.5 Å².